The highest BCUT2D eigenvalue weighted by molar-refractivity contribution is 5.99. The van der Waals surface area contributed by atoms with Crippen molar-refractivity contribution < 1.29 is 24.2 Å². The second kappa shape index (κ2) is 8.08. The zero-order valence-corrected chi connectivity index (χ0v) is 11.7. The summed E-state index contributed by atoms with van der Waals surface area (Å²) < 4.78 is 10.2. The molecule has 0 aliphatic rings. The summed E-state index contributed by atoms with van der Waals surface area (Å²) >= 11 is 0. The van der Waals surface area contributed by atoms with Crippen LogP contribution in [0.5, 0.6) is 0 Å². The van der Waals surface area contributed by atoms with Crippen molar-refractivity contribution >= 4 is 11.9 Å². The van der Waals surface area contributed by atoms with Crippen LogP contribution in [0.2, 0.25) is 0 Å². The Balaban J connectivity index is 4.87. The van der Waals surface area contributed by atoms with Gasteiger partial charge in [0, 0.05) is 13.2 Å². The number of carboxylic acids is 1. The maximum absolute atomic E-state index is 12.0. The van der Waals surface area contributed by atoms with Crippen molar-refractivity contribution in [1.82, 2.24) is 0 Å². The van der Waals surface area contributed by atoms with E-state index in [0.29, 0.717) is 6.61 Å². The van der Waals surface area contributed by atoms with E-state index in [9.17, 15) is 14.7 Å². The average molecular weight is 260 g/mol. The van der Waals surface area contributed by atoms with Gasteiger partial charge in [0.15, 0.2) is 5.41 Å². The van der Waals surface area contributed by atoms with E-state index in [1.165, 1.54) is 0 Å². The number of rotatable bonds is 9. The third kappa shape index (κ3) is 3.98. The molecule has 1 unspecified atom stereocenters. The van der Waals surface area contributed by atoms with E-state index in [0.717, 1.165) is 6.42 Å². The Labute approximate surface area is 108 Å². The molecule has 0 radical (unpaired) electrons. The lowest BCUT2D eigenvalue weighted by Crippen LogP contribution is -2.46. The Morgan fingerprint density at radius 2 is 1.83 bits per heavy atom. The average Bonchev–Trinajstić information content (AvgIpc) is 2.28. The lowest BCUT2D eigenvalue weighted by atomic mass is 9.74. The summed E-state index contributed by atoms with van der Waals surface area (Å²) in [6, 6.07) is 0. The smallest absolute Gasteiger partial charge is 0.323 e. The molecule has 106 valence electrons. The first-order chi connectivity index (χ1) is 8.43. The fraction of sp³-hybridized carbons (Fsp3) is 0.846. The van der Waals surface area contributed by atoms with Gasteiger partial charge in [-0.25, -0.2) is 0 Å². The van der Waals surface area contributed by atoms with Crippen LogP contribution in [0.1, 0.15) is 40.5 Å². The van der Waals surface area contributed by atoms with Gasteiger partial charge in [0.05, 0.1) is 6.61 Å². The maximum Gasteiger partial charge on any atom is 0.323 e. The minimum atomic E-state index is -1.51. The van der Waals surface area contributed by atoms with E-state index in [2.05, 4.69) is 0 Å². The minimum Gasteiger partial charge on any atom is -0.480 e. The van der Waals surface area contributed by atoms with Crippen LogP contribution < -0.4 is 0 Å². The number of esters is 1. The molecule has 0 aromatic heterocycles. The first kappa shape index (κ1) is 16.9. The van der Waals surface area contributed by atoms with Gasteiger partial charge in [-0.2, -0.15) is 0 Å². The third-order valence-corrected chi connectivity index (χ3v) is 3.00. The summed E-state index contributed by atoms with van der Waals surface area (Å²) in [5.41, 5.74) is -1.51. The lowest BCUT2D eigenvalue weighted by molar-refractivity contribution is -0.174. The molecule has 5 heteroatoms. The van der Waals surface area contributed by atoms with Gasteiger partial charge in [-0.1, -0.05) is 20.8 Å². The van der Waals surface area contributed by atoms with Crippen LogP contribution in [0.3, 0.4) is 0 Å². The van der Waals surface area contributed by atoms with Crippen LogP contribution in [0.25, 0.3) is 0 Å². The molecule has 0 amide bonds. The number of carbonyl (C=O) groups excluding carboxylic acids is 1. The number of carbonyl (C=O) groups is 2. The highest BCUT2D eigenvalue weighted by Crippen LogP contribution is 2.34. The number of carboxylic acid groups (broad SMARTS) is 1. The second-order valence-corrected chi connectivity index (χ2v) is 4.51. The minimum absolute atomic E-state index is 0.138. The molecule has 1 atom stereocenters. The topological polar surface area (TPSA) is 72.8 Å². The lowest BCUT2D eigenvalue weighted by Gasteiger charge is -2.30. The third-order valence-electron chi connectivity index (χ3n) is 3.00. The fourth-order valence-electron chi connectivity index (χ4n) is 1.81. The molecule has 0 saturated heterocycles. The molecule has 0 saturated carbocycles. The highest BCUT2D eigenvalue weighted by Gasteiger charge is 2.50. The quantitative estimate of drug-likeness (QED) is 0.390. The van der Waals surface area contributed by atoms with E-state index in [-0.39, 0.29) is 25.6 Å². The molecule has 0 aliphatic carbocycles. The first-order valence-electron chi connectivity index (χ1n) is 6.41. The van der Waals surface area contributed by atoms with E-state index in [4.69, 9.17) is 9.47 Å². The molecule has 0 aromatic rings. The Bertz CT molecular complexity index is 275. The normalized spacial score (nSPS) is 14.3. The predicted molar refractivity (Wildman–Crippen MR) is 67.3 cm³/mol. The zero-order valence-electron chi connectivity index (χ0n) is 11.7. The van der Waals surface area contributed by atoms with Crippen LogP contribution in [0.4, 0.5) is 0 Å². The summed E-state index contributed by atoms with van der Waals surface area (Å²) in [5.74, 6) is -2.16. The largest absolute Gasteiger partial charge is 0.480 e. The molecule has 18 heavy (non-hydrogen) atoms. The van der Waals surface area contributed by atoms with Crippen molar-refractivity contribution in [2.24, 2.45) is 11.3 Å². The fourth-order valence-corrected chi connectivity index (χ4v) is 1.81. The molecule has 0 heterocycles. The van der Waals surface area contributed by atoms with Crippen molar-refractivity contribution in [3.8, 4) is 0 Å². The van der Waals surface area contributed by atoms with Crippen molar-refractivity contribution in [3.63, 3.8) is 0 Å². The van der Waals surface area contributed by atoms with Gasteiger partial charge in [0.25, 0.3) is 0 Å². The van der Waals surface area contributed by atoms with Crippen LogP contribution >= 0.6 is 0 Å². The molecule has 0 spiro atoms. The summed E-state index contributed by atoms with van der Waals surface area (Å²) in [7, 11) is 0. The summed E-state index contributed by atoms with van der Waals surface area (Å²) in [6.45, 7) is 8.05. The van der Waals surface area contributed by atoms with E-state index in [1.54, 1.807) is 20.8 Å². The summed E-state index contributed by atoms with van der Waals surface area (Å²) in [6.07, 6.45) is 1.000. The Morgan fingerprint density at radius 3 is 2.22 bits per heavy atom. The molecule has 1 N–H and O–H groups in total. The van der Waals surface area contributed by atoms with Crippen molar-refractivity contribution in [3.05, 3.63) is 0 Å². The van der Waals surface area contributed by atoms with Crippen molar-refractivity contribution in [2.75, 3.05) is 19.8 Å². The van der Waals surface area contributed by atoms with Gasteiger partial charge in [-0.3, -0.25) is 9.59 Å². The number of ether oxygens (including phenoxy) is 2. The molecule has 0 aromatic carbocycles. The Hall–Kier alpha value is -1.10. The van der Waals surface area contributed by atoms with Gasteiger partial charge in [0.1, 0.15) is 0 Å². The van der Waals surface area contributed by atoms with Gasteiger partial charge in [0.2, 0.25) is 0 Å². The maximum atomic E-state index is 12.0. The number of aliphatic carboxylic acids is 1. The Morgan fingerprint density at radius 1 is 1.22 bits per heavy atom. The zero-order chi connectivity index (χ0) is 14.2. The van der Waals surface area contributed by atoms with Crippen LogP contribution in [0.15, 0.2) is 0 Å². The van der Waals surface area contributed by atoms with Gasteiger partial charge < -0.3 is 14.6 Å². The van der Waals surface area contributed by atoms with E-state index in [1.807, 2.05) is 6.92 Å². The molecule has 5 nitrogen and oxygen atoms in total. The van der Waals surface area contributed by atoms with Crippen molar-refractivity contribution in [1.29, 1.82) is 0 Å². The SMILES string of the molecule is CCCOCCC(C(=O)O)(C(=O)OCC)C(C)C. The van der Waals surface area contributed by atoms with Gasteiger partial charge in [-0.15, -0.1) is 0 Å². The van der Waals surface area contributed by atoms with Crippen LogP contribution in [-0.2, 0) is 19.1 Å². The monoisotopic (exact) mass is 260 g/mol. The van der Waals surface area contributed by atoms with Crippen LogP contribution in [0, 0.1) is 11.3 Å². The van der Waals surface area contributed by atoms with Crippen LogP contribution in [-0.4, -0.2) is 36.9 Å². The highest BCUT2D eigenvalue weighted by atomic mass is 16.5. The predicted octanol–water partition coefficient (Wildman–Crippen LogP) is 2.09. The molecule has 0 bridgehead atoms. The summed E-state index contributed by atoms with van der Waals surface area (Å²) in [5, 5.41) is 9.39. The van der Waals surface area contributed by atoms with Gasteiger partial charge in [-0.05, 0) is 25.7 Å². The molecular weight excluding hydrogens is 236 g/mol. The second-order valence-electron chi connectivity index (χ2n) is 4.51. The summed E-state index contributed by atoms with van der Waals surface area (Å²) in [4.78, 5) is 23.4. The number of hydrogen-bond acceptors (Lipinski definition) is 4. The van der Waals surface area contributed by atoms with E-state index < -0.39 is 17.4 Å². The standard InChI is InChI=1S/C13H24O5/c1-5-8-17-9-7-13(10(3)4,11(14)15)12(16)18-6-2/h10H,5-9H2,1-4H3,(H,14,15). The van der Waals surface area contributed by atoms with E-state index >= 15 is 0 Å². The Kier molecular flexibility index (Phi) is 7.59. The first-order valence-corrected chi connectivity index (χ1v) is 6.41. The number of hydrogen-bond donors (Lipinski definition) is 1. The molecule has 0 aliphatic heterocycles. The van der Waals surface area contributed by atoms with Crippen molar-refractivity contribution in [2.45, 2.75) is 40.5 Å². The molecule has 0 rings (SSSR count). The molecular formula is C13H24O5. The van der Waals surface area contributed by atoms with Gasteiger partial charge >= 0.3 is 11.9 Å². The molecule has 0 fully saturated rings.